The SMILES string of the molecule is CCS(=O)CCNc1cc(NC)nc(N)n1. The zero-order valence-corrected chi connectivity index (χ0v) is 10.3. The molecule has 1 heterocycles. The summed E-state index contributed by atoms with van der Waals surface area (Å²) in [5.74, 6) is 2.80. The predicted molar refractivity (Wildman–Crippen MR) is 68.0 cm³/mol. The molecule has 1 atom stereocenters. The quantitative estimate of drug-likeness (QED) is 0.664. The molecule has 1 aromatic rings. The molecular formula is C9H17N5OS. The number of hydrogen-bond donors (Lipinski definition) is 3. The van der Waals surface area contributed by atoms with Gasteiger partial charge >= 0.3 is 0 Å². The van der Waals surface area contributed by atoms with E-state index in [-0.39, 0.29) is 5.95 Å². The molecule has 0 amide bonds. The van der Waals surface area contributed by atoms with E-state index >= 15 is 0 Å². The van der Waals surface area contributed by atoms with Crippen molar-refractivity contribution in [1.29, 1.82) is 0 Å². The second kappa shape index (κ2) is 6.26. The first kappa shape index (κ1) is 12.7. The van der Waals surface area contributed by atoms with E-state index in [0.29, 0.717) is 29.7 Å². The molecule has 0 bridgehead atoms. The first-order valence-electron chi connectivity index (χ1n) is 5.07. The molecule has 0 aliphatic rings. The van der Waals surface area contributed by atoms with Crippen molar-refractivity contribution < 1.29 is 4.21 Å². The average Bonchev–Trinajstić information content (AvgIpc) is 2.28. The maximum atomic E-state index is 11.2. The van der Waals surface area contributed by atoms with Crippen molar-refractivity contribution in [3.63, 3.8) is 0 Å². The predicted octanol–water partition coefficient (Wildman–Crippen LogP) is 0.281. The minimum Gasteiger partial charge on any atom is -0.373 e. The third kappa shape index (κ3) is 4.01. The second-order valence-corrected chi connectivity index (χ2v) is 4.97. The number of nitrogens with zero attached hydrogens (tertiary/aromatic N) is 2. The zero-order chi connectivity index (χ0) is 12.0. The maximum Gasteiger partial charge on any atom is 0.223 e. The van der Waals surface area contributed by atoms with Gasteiger partial charge in [-0.2, -0.15) is 9.97 Å². The molecule has 1 aromatic heterocycles. The van der Waals surface area contributed by atoms with Crippen molar-refractivity contribution in [2.45, 2.75) is 6.92 Å². The fourth-order valence-electron chi connectivity index (χ4n) is 1.12. The summed E-state index contributed by atoms with van der Waals surface area (Å²) < 4.78 is 11.2. The summed E-state index contributed by atoms with van der Waals surface area (Å²) >= 11 is 0. The van der Waals surface area contributed by atoms with Crippen LogP contribution in [-0.2, 0) is 10.8 Å². The number of nitrogens with one attached hydrogen (secondary N) is 2. The van der Waals surface area contributed by atoms with Crippen molar-refractivity contribution in [3.05, 3.63) is 6.07 Å². The smallest absolute Gasteiger partial charge is 0.223 e. The summed E-state index contributed by atoms with van der Waals surface area (Å²) in [6, 6.07) is 1.76. The van der Waals surface area contributed by atoms with Crippen LogP contribution in [0.2, 0.25) is 0 Å². The third-order valence-corrected chi connectivity index (χ3v) is 3.26. The van der Waals surface area contributed by atoms with E-state index in [9.17, 15) is 4.21 Å². The van der Waals surface area contributed by atoms with Crippen LogP contribution in [0.25, 0.3) is 0 Å². The lowest BCUT2D eigenvalue weighted by Crippen LogP contribution is -2.13. The fourth-order valence-corrected chi connectivity index (χ4v) is 1.74. The third-order valence-electron chi connectivity index (χ3n) is 1.96. The standard InChI is InChI=1S/C9H17N5OS/c1-3-16(15)5-4-12-8-6-7(11-2)13-9(10)14-8/h6H,3-5H2,1-2H3,(H4,10,11,12,13,14). The molecule has 0 saturated heterocycles. The first-order chi connectivity index (χ1) is 7.65. The molecule has 0 spiro atoms. The van der Waals surface area contributed by atoms with Crippen molar-refractivity contribution in [2.24, 2.45) is 0 Å². The van der Waals surface area contributed by atoms with Gasteiger partial charge in [0.2, 0.25) is 5.95 Å². The topological polar surface area (TPSA) is 92.9 Å². The van der Waals surface area contributed by atoms with Crippen LogP contribution in [0.5, 0.6) is 0 Å². The monoisotopic (exact) mass is 243 g/mol. The van der Waals surface area contributed by atoms with Gasteiger partial charge in [0, 0.05) is 42.0 Å². The lowest BCUT2D eigenvalue weighted by atomic mass is 10.5. The Hall–Kier alpha value is -1.37. The second-order valence-electron chi connectivity index (χ2n) is 3.11. The van der Waals surface area contributed by atoms with Gasteiger partial charge in [-0.25, -0.2) is 0 Å². The molecule has 0 radical (unpaired) electrons. The Morgan fingerprint density at radius 2 is 2.12 bits per heavy atom. The highest BCUT2D eigenvalue weighted by Gasteiger charge is 2.01. The summed E-state index contributed by atoms with van der Waals surface area (Å²) in [5, 5.41) is 5.95. The Labute approximate surface area is 97.5 Å². The molecule has 16 heavy (non-hydrogen) atoms. The van der Waals surface area contributed by atoms with Gasteiger partial charge in [0.05, 0.1) is 0 Å². The van der Waals surface area contributed by atoms with Gasteiger partial charge in [-0.1, -0.05) is 6.92 Å². The zero-order valence-electron chi connectivity index (χ0n) is 9.49. The van der Waals surface area contributed by atoms with E-state index in [4.69, 9.17) is 5.73 Å². The van der Waals surface area contributed by atoms with Gasteiger partial charge < -0.3 is 16.4 Å². The molecule has 6 nitrogen and oxygen atoms in total. The van der Waals surface area contributed by atoms with Gasteiger partial charge in [0.1, 0.15) is 11.6 Å². The molecule has 0 aliphatic heterocycles. The van der Waals surface area contributed by atoms with Crippen LogP contribution in [0, 0.1) is 0 Å². The summed E-state index contributed by atoms with van der Waals surface area (Å²) in [7, 11) is 0.996. The summed E-state index contributed by atoms with van der Waals surface area (Å²) in [4.78, 5) is 7.99. The van der Waals surface area contributed by atoms with Gasteiger partial charge in [0.25, 0.3) is 0 Å². The summed E-state index contributed by atoms with van der Waals surface area (Å²) in [6.45, 7) is 2.51. The summed E-state index contributed by atoms with van der Waals surface area (Å²) in [6.07, 6.45) is 0. The minimum atomic E-state index is -0.766. The van der Waals surface area contributed by atoms with Crippen molar-refractivity contribution in [2.75, 3.05) is 41.5 Å². The molecule has 4 N–H and O–H groups in total. The lowest BCUT2D eigenvalue weighted by molar-refractivity contribution is 0.684. The number of anilines is 3. The maximum absolute atomic E-state index is 11.2. The largest absolute Gasteiger partial charge is 0.373 e. The molecule has 1 rings (SSSR count). The van der Waals surface area contributed by atoms with Gasteiger partial charge in [-0.15, -0.1) is 0 Å². The average molecular weight is 243 g/mol. The van der Waals surface area contributed by atoms with E-state index in [1.165, 1.54) is 0 Å². The Balaban J connectivity index is 2.53. The van der Waals surface area contributed by atoms with E-state index < -0.39 is 10.8 Å². The molecule has 0 aromatic carbocycles. The molecule has 0 fully saturated rings. The Morgan fingerprint density at radius 3 is 2.75 bits per heavy atom. The molecule has 7 heteroatoms. The highest BCUT2D eigenvalue weighted by atomic mass is 32.2. The number of nitrogens with two attached hydrogens (primary N) is 1. The van der Waals surface area contributed by atoms with Crippen molar-refractivity contribution in [3.8, 4) is 0 Å². The van der Waals surface area contributed by atoms with Crippen LogP contribution in [0.4, 0.5) is 17.6 Å². The highest BCUT2D eigenvalue weighted by Crippen LogP contribution is 2.11. The van der Waals surface area contributed by atoms with Crippen LogP contribution in [0.15, 0.2) is 6.07 Å². The van der Waals surface area contributed by atoms with Gasteiger partial charge in [0.15, 0.2) is 0 Å². The van der Waals surface area contributed by atoms with Gasteiger partial charge in [-0.3, -0.25) is 4.21 Å². The van der Waals surface area contributed by atoms with E-state index in [1.54, 1.807) is 13.1 Å². The number of aromatic nitrogens is 2. The number of rotatable bonds is 6. The molecule has 1 unspecified atom stereocenters. The Bertz CT molecular complexity index is 371. The Morgan fingerprint density at radius 1 is 1.44 bits per heavy atom. The van der Waals surface area contributed by atoms with Crippen LogP contribution in [0.3, 0.4) is 0 Å². The highest BCUT2D eigenvalue weighted by molar-refractivity contribution is 7.84. The summed E-state index contributed by atoms with van der Waals surface area (Å²) in [5.41, 5.74) is 5.53. The number of hydrogen-bond acceptors (Lipinski definition) is 6. The van der Waals surface area contributed by atoms with E-state index in [0.717, 1.165) is 0 Å². The fraction of sp³-hybridized carbons (Fsp3) is 0.556. The van der Waals surface area contributed by atoms with Gasteiger partial charge in [-0.05, 0) is 0 Å². The van der Waals surface area contributed by atoms with Crippen LogP contribution in [-0.4, -0.2) is 39.3 Å². The molecule has 0 saturated carbocycles. The first-order valence-corrected chi connectivity index (χ1v) is 6.55. The minimum absolute atomic E-state index is 0.214. The van der Waals surface area contributed by atoms with Crippen LogP contribution < -0.4 is 16.4 Å². The number of nitrogen functional groups attached to an aromatic ring is 1. The Kier molecular flexibility index (Phi) is 4.97. The lowest BCUT2D eigenvalue weighted by Gasteiger charge is -2.07. The molecule has 90 valence electrons. The van der Waals surface area contributed by atoms with Crippen LogP contribution in [0.1, 0.15) is 6.92 Å². The van der Waals surface area contributed by atoms with Crippen molar-refractivity contribution >= 4 is 28.4 Å². The van der Waals surface area contributed by atoms with E-state index in [2.05, 4.69) is 20.6 Å². The normalized spacial score (nSPS) is 12.1. The molecule has 0 aliphatic carbocycles. The van der Waals surface area contributed by atoms with Crippen LogP contribution >= 0.6 is 0 Å². The molecular weight excluding hydrogens is 226 g/mol. The van der Waals surface area contributed by atoms with E-state index in [1.807, 2.05) is 6.92 Å². The van der Waals surface area contributed by atoms with Crippen molar-refractivity contribution in [1.82, 2.24) is 9.97 Å².